The molecular formula is C15H31NO4. The van der Waals surface area contributed by atoms with Gasteiger partial charge in [-0.3, -0.25) is 4.79 Å². The third-order valence-electron chi connectivity index (χ3n) is 3.26. The van der Waals surface area contributed by atoms with Crippen molar-refractivity contribution in [2.45, 2.75) is 52.0 Å². The van der Waals surface area contributed by atoms with Crippen molar-refractivity contribution in [3.8, 4) is 0 Å². The minimum absolute atomic E-state index is 0.203. The van der Waals surface area contributed by atoms with Gasteiger partial charge >= 0.3 is 5.97 Å². The number of ether oxygens (including phenoxy) is 3. The summed E-state index contributed by atoms with van der Waals surface area (Å²) in [5.41, 5.74) is -0.628. The fraction of sp³-hybridized carbons (Fsp3) is 0.933. The number of carbonyl (C=O) groups is 1. The average Bonchev–Trinajstić information content (AvgIpc) is 2.45. The summed E-state index contributed by atoms with van der Waals surface area (Å²) < 4.78 is 16.0. The molecule has 0 radical (unpaired) electrons. The van der Waals surface area contributed by atoms with Crippen LogP contribution in [0.1, 0.15) is 46.5 Å². The van der Waals surface area contributed by atoms with E-state index in [1.807, 2.05) is 13.8 Å². The summed E-state index contributed by atoms with van der Waals surface area (Å²) in [6.07, 6.45) is 3.75. The molecule has 1 N–H and O–H groups in total. The Morgan fingerprint density at radius 3 is 2.15 bits per heavy atom. The Morgan fingerprint density at radius 2 is 1.65 bits per heavy atom. The summed E-state index contributed by atoms with van der Waals surface area (Å²) in [4.78, 5) is 11.8. The lowest BCUT2D eigenvalue weighted by Gasteiger charge is -2.26. The molecular weight excluding hydrogens is 258 g/mol. The van der Waals surface area contributed by atoms with Crippen LogP contribution in [0.15, 0.2) is 0 Å². The molecule has 0 fully saturated rings. The van der Waals surface area contributed by atoms with Crippen LogP contribution in [-0.2, 0) is 19.0 Å². The van der Waals surface area contributed by atoms with Crippen LogP contribution >= 0.6 is 0 Å². The molecule has 120 valence electrons. The summed E-state index contributed by atoms with van der Waals surface area (Å²) in [5.74, 6) is -0.203. The molecule has 0 aliphatic carbocycles. The maximum absolute atomic E-state index is 11.8. The molecule has 0 aromatic heterocycles. The van der Waals surface area contributed by atoms with E-state index < -0.39 is 5.54 Å². The minimum Gasteiger partial charge on any atom is -0.465 e. The van der Waals surface area contributed by atoms with E-state index in [0.29, 0.717) is 32.8 Å². The van der Waals surface area contributed by atoms with E-state index in [9.17, 15) is 4.79 Å². The Morgan fingerprint density at radius 1 is 1.05 bits per heavy atom. The molecule has 0 spiro atoms. The predicted octanol–water partition coefficient (Wildman–Crippen LogP) is 2.14. The zero-order valence-corrected chi connectivity index (χ0v) is 13.5. The topological polar surface area (TPSA) is 56.8 Å². The minimum atomic E-state index is -0.628. The van der Waals surface area contributed by atoms with Crippen molar-refractivity contribution in [2.75, 3.05) is 40.1 Å². The number of nitrogens with one attached hydrogen (secondary N) is 1. The van der Waals surface area contributed by atoms with Crippen molar-refractivity contribution >= 4 is 5.97 Å². The number of unbranched alkanes of at least 4 members (excludes halogenated alkanes) is 1. The SMILES string of the molecule is CCCCOCCOCCCC(C)(NC)C(=O)OCC. The molecule has 0 aromatic rings. The van der Waals surface area contributed by atoms with Gasteiger partial charge < -0.3 is 19.5 Å². The van der Waals surface area contributed by atoms with Crippen LogP contribution in [0.25, 0.3) is 0 Å². The first kappa shape index (κ1) is 19.4. The number of likely N-dealkylation sites (N-methyl/N-ethyl adjacent to an activating group) is 1. The first-order valence-corrected chi connectivity index (χ1v) is 7.62. The number of hydrogen-bond acceptors (Lipinski definition) is 5. The highest BCUT2D eigenvalue weighted by Crippen LogP contribution is 2.14. The zero-order chi connectivity index (χ0) is 15.3. The Bertz CT molecular complexity index is 248. The van der Waals surface area contributed by atoms with E-state index in [1.54, 1.807) is 7.05 Å². The van der Waals surface area contributed by atoms with E-state index in [4.69, 9.17) is 14.2 Å². The second-order valence-electron chi connectivity index (χ2n) is 4.98. The Labute approximate surface area is 123 Å². The van der Waals surface area contributed by atoms with E-state index in [-0.39, 0.29) is 5.97 Å². The largest absolute Gasteiger partial charge is 0.465 e. The number of esters is 1. The van der Waals surface area contributed by atoms with Crippen molar-refractivity contribution in [1.82, 2.24) is 5.32 Å². The van der Waals surface area contributed by atoms with Crippen LogP contribution in [0, 0.1) is 0 Å². The molecule has 0 amide bonds. The molecule has 0 bridgehead atoms. The lowest BCUT2D eigenvalue weighted by Crippen LogP contribution is -2.48. The number of rotatable bonds is 13. The Balaban J connectivity index is 3.63. The van der Waals surface area contributed by atoms with Gasteiger partial charge in [0.05, 0.1) is 19.8 Å². The first-order valence-electron chi connectivity index (χ1n) is 7.62. The highest BCUT2D eigenvalue weighted by Gasteiger charge is 2.32. The quantitative estimate of drug-likeness (QED) is 0.416. The van der Waals surface area contributed by atoms with Gasteiger partial charge in [0, 0.05) is 13.2 Å². The molecule has 0 saturated carbocycles. The van der Waals surface area contributed by atoms with Gasteiger partial charge in [-0.2, -0.15) is 0 Å². The highest BCUT2D eigenvalue weighted by molar-refractivity contribution is 5.80. The zero-order valence-electron chi connectivity index (χ0n) is 13.5. The van der Waals surface area contributed by atoms with Crippen LogP contribution in [0.4, 0.5) is 0 Å². The molecule has 1 unspecified atom stereocenters. The van der Waals surface area contributed by atoms with Crippen molar-refractivity contribution in [2.24, 2.45) is 0 Å². The fourth-order valence-electron chi connectivity index (χ4n) is 1.72. The van der Waals surface area contributed by atoms with Gasteiger partial charge in [0.2, 0.25) is 0 Å². The smallest absolute Gasteiger partial charge is 0.326 e. The molecule has 5 nitrogen and oxygen atoms in total. The van der Waals surface area contributed by atoms with Gasteiger partial charge in [-0.05, 0) is 40.2 Å². The van der Waals surface area contributed by atoms with Gasteiger partial charge in [0.1, 0.15) is 5.54 Å². The Kier molecular flexibility index (Phi) is 11.7. The van der Waals surface area contributed by atoms with Crippen molar-refractivity contribution in [1.29, 1.82) is 0 Å². The van der Waals surface area contributed by atoms with Crippen LogP contribution in [-0.4, -0.2) is 51.6 Å². The van der Waals surface area contributed by atoms with Gasteiger partial charge in [-0.25, -0.2) is 0 Å². The molecule has 0 heterocycles. The highest BCUT2D eigenvalue weighted by atomic mass is 16.5. The Hall–Kier alpha value is -0.650. The first-order chi connectivity index (χ1) is 9.60. The lowest BCUT2D eigenvalue weighted by molar-refractivity contribution is -0.150. The van der Waals surface area contributed by atoms with Crippen molar-refractivity contribution in [3.63, 3.8) is 0 Å². The third-order valence-corrected chi connectivity index (χ3v) is 3.26. The summed E-state index contributed by atoms with van der Waals surface area (Å²) in [7, 11) is 1.78. The molecule has 20 heavy (non-hydrogen) atoms. The predicted molar refractivity (Wildman–Crippen MR) is 79.9 cm³/mol. The van der Waals surface area contributed by atoms with Crippen LogP contribution in [0.3, 0.4) is 0 Å². The van der Waals surface area contributed by atoms with Gasteiger partial charge in [0.15, 0.2) is 0 Å². The van der Waals surface area contributed by atoms with Crippen molar-refractivity contribution in [3.05, 3.63) is 0 Å². The summed E-state index contributed by atoms with van der Waals surface area (Å²) in [6, 6.07) is 0. The molecule has 0 aromatic carbocycles. The maximum Gasteiger partial charge on any atom is 0.326 e. The van der Waals surface area contributed by atoms with E-state index in [1.165, 1.54) is 0 Å². The summed E-state index contributed by atoms with van der Waals surface area (Å²) in [5, 5.41) is 3.03. The molecule has 1 atom stereocenters. The van der Waals surface area contributed by atoms with Crippen LogP contribution in [0.5, 0.6) is 0 Å². The van der Waals surface area contributed by atoms with E-state index in [0.717, 1.165) is 25.9 Å². The maximum atomic E-state index is 11.8. The van der Waals surface area contributed by atoms with Gasteiger partial charge in [0.25, 0.3) is 0 Å². The van der Waals surface area contributed by atoms with Crippen molar-refractivity contribution < 1.29 is 19.0 Å². The van der Waals surface area contributed by atoms with E-state index >= 15 is 0 Å². The normalized spacial score (nSPS) is 14.0. The molecule has 5 heteroatoms. The molecule has 0 rings (SSSR count). The monoisotopic (exact) mass is 289 g/mol. The fourth-order valence-corrected chi connectivity index (χ4v) is 1.72. The third kappa shape index (κ3) is 8.51. The lowest BCUT2D eigenvalue weighted by atomic mass is 9.96. The van der Waals surface area contributed by atoms with E-state index in [2.05, 4.69) is 12.2 Å². The number of hydrogen-bond donors (Lipinski definition) is 1. The number of carbonyl (C=O) groups excluding carboxylic acids is 1. The van der Waals surface area contributed by atoms with Crippen LogP contribution < -0.4 is 5.32 Å². The second-order valence-corrected chi connectivity index (χ2v) is 4.98. The molecule has 0 aliphatic rings. The van der Waals surface area contributed by atoms with Gasteiger partial charge in [-0.1, -0.05) is 13.3 Å². The molecule has 0 saturated heterocycles. The standard InChI is InChI=1S/C15H31NO4/c1-5-7-10-18-12-13-19-11-8-9-15(3,16-4)14(17)20-6-2/h16H,5-13H2,1-4H3. The van der Waals surface area contributed by atoms with Gasteiger partial charge in [-0.15, -0.1) is 0 Å². The average molecular weight is 289 g/mol. The second kappa shape index (κ2) is 12.1. The molecule has 0 aliphatic heterocycles. The summed E-state index contributed by atoms with van der Waals surface area (Å²) >= 11 is 0. The van der Waals surface area contributed by atoms with Crippen LogP contribution in [0.2, 0.25) is 0 Å². The summed E-state index contributed by atoms with van der Waals surface area (Å²) in [6.45, 7) is 8.91.